The number of phenols is 1. The van der Waals surface area contributed by atoms with Crippen LogP contribution in [0.25, 0.3) is 0 Å². The maximum Gasteiger partial charge on any atom is 0.251 e. The van der Waals surface area contributed by atoms with Crippen LogP contribution in [-0.2, 0) is 6.54 Å². The third-order valence-electron chi connectivity index (χ3n) is 6.87. The van der Waals surface area contributed by atoms with E-state index in [1.165, 1.54) is 43.5 Å². The predicted octanol–water partition coefficient (Wildman–Crippen LogP) is 3.96. The SMILES string of the molecule is COc1ccc(O)c(C(=O)c2ccc(C(=O)N[C@@H]3CNC[C@H]3CC(=O)c3ccc4c(c3)N=NC4)cc2)c1F. The zero-order valence-electron chi connectivity index (χ0n) is 20.5. The summed E-state index contributed by atoms with van der Waals surface area (Å²) in [7, 11) is 1.26. The highest BCUT2D eigenvalue weighted by molar-refractivity contribution is 6.11. The number of nitrogens with zero attached hydrogens (tertiary/aromatic N) is 2. The van der Waals surface area contributed by atoms with Crippen molar-refractivity contribution >= 4 is 23.2 Å². The Morgan fingerprint density at radius 1 is 1.05 bits per heavy atom. The number of amides is 1. The molecular weight excluding hydrogens is 491 g/mol. The van der Waals surface area contributed by atoms with E-state index in [1.54, 1.807) is 12.1 Å². The number of azo groups is 1. The maximum atomic E-state index is 14.6. The van der Waals surface area contributed by atoms with Crippen molar-refractivity contribution in [2.45, 2.75) is 19.0 Å². The molecule has 3 aromatic carbocycles. The lowest BCUT2D eigenvalue weighted by Gasteiger charge is -2.20. The molecule has 5 rings (SSSR count). The Balaban J connectivity index is 1.24. The van der Waals surface area contributed by atoms with Gasteiger partial charge < -0.3 is 20.5 Å². The highest BCUT2D eigenvalue weighted by Gasteiger charge is 2.31. The highest BCUT2D eigenvalue weighted by Crippen LogP contribution is 2.31. The first-order valence-electron chi connectivity index (χ1n) is 12.1. The summed E-state index contributed by atoms with van der Waals surface area (Å²) in [6, 6.07) is 13.3. The molecule has 1 saturated heterocycles. The van der Waals surface area contributed by atoms with Gasteiger partial charge in [-0.25, -0.2) is 4.39 Å². The van der Waals surface area contributed by atoms with E-state index in [2.05, 4.69) is 20.9 Å². The van der Waals surface area contributed by atoms with Crippen LogP contribution < -0.4 is 15.4 Å². The summed E-state index contributed by atoms with van der Waals surface area (Å²) in [4.78, 5) is 38.7. The number of hydrogen-bond donors (Lipinski definition) is 3. The minimum atomic E-state index is -0.960. The van der Waals surface area contributed by atoms with Crippen molar-refractivity contribution in [1.82, 2.24) is 10.6 Å². The second kappa shape index (κ2) is 10.5. The molecule has 0 radical (unpaired) electrons. The molecular formula is C28H25FN4O5. The van der Waals surface area contributed by atoms with E-state index in [-0.39, 0.29) is 41.4 Å². The molecule has 0 spiro atoms. The van der Waals surface area contributed by atoms with Crippen LogP contribution in [0.4, 0.5) is 10.1 Å². The number of methoxy groups -OCH3 is 1. The molecule has 2 atom stereocenters. The summed E-state index contributed by atoms with van der Waals surface area (Å²) in [6.45, 7) is 1.64. The van der Waals surface area contributed by atoms with E-state index in [1.807, 2.05) is 6.07 Å². The molecule has 3 aromatic rings. The maximum absolute atomic E-state index is 14.6. The second-order valence-electron chi connectivity index (χ2n) is 9.25. The normalized spacial score (nSPS) is 17.7. The minimum absolute atomic E-state index is 0.0289. The summed E-state index contributed by atoms with van der Waals surface area (Å²) in [5, 5.41) is 24.3. The van der Waals surface area contributed by atoms with Crippen LogP contribution in [0.2, 0.25) is 0 Å². The Hall–Kier alpha value is -4.44. The Bertz CT molecular complexity index is 1450. The highest BCUT2D eigenvalue weighted by atomic mass is 19.1. The summed E-state index contributed by atoms with van der Waals surface area (Å²) < 4.78 is 19.5. The number of ether oxygens (including phenoxy) is 1. The van der Waals surface area contributed by atoms with Gasteiger partial charge in [0.1, 0.15) is 11.3 Å². The van der Waals surface area contributed by atoms with Crippen LogP contribution in [0.5, 0.6) is 11.5 Å². The average molecular weight is 517 g/mol. The molecule has 1 amide bonds. The monoisotopic (exact) mass is 516 g/mol. The van der Waals surface area contributed by atoms with Crippen molar-refractivity contribution in [3.8, 4) is 11.5 Å². The molecule has 10 heteroatoms. The number of rotatable bonds is 8. The Kier molecular flexibility index (Phi) is 6.97. The molecule has 0 bridgehead atoms. The first-order valence-corrected chi connectivity index (χ1v) is 12.1. The molecule has 9 nitrogen and oxygen atoms in total. The zero-order valence-corrected chi connectivity index (χ0v) is 20.5. The predicted molar refractivity (Wildman–Crippen MR) is 136 cm³/mol. The molecule has 38 heavy (non-hydrogen) atoms. The summed E-state index contributed by atoms with van der Waals surface area (Å²) in [5.74, 6) is -2.85. The third-order valence-corrected chi connectivity index (χ3v) is 6.87. The number of Topliss-reactive ketones (excluding diaryl/α,β-unsaturated/α-hetero) is 1. The van der Waals surface area contributed by atoms with Gasteiger partial charge in [0.25, 0.3) is 5.91 Å². The van der Waals surface area contributed by atoms with Crippen molar-refractivity contribution in [2.75, 3.05) is 20.2 Å². The second-order valence-corrected chi connectivity index (χ2v) is 9.25. The van der Waals surface area contributed by atoms with Crippen LogP contribution in [0.15, 0.2) is 64.8 Å². The molecule has 2 heterocycles. The molecule has 2 aliphatic rings. The van der Waals surface area contributed by atoms with Crippen molar-refractivity contribution in [3.63, 3.8) is 0 Å². The van der Waals surface area contributed by atoms with Gasteiger partial charge >= 0.3 is 0 Å². The number of phenolic OH excluding ortho intramolecular Hbond substituents is 1. The van der Waals surface area contributed by atoms with Gasteiger partial charge in [-0.15, -0.1) is 0 Å². The fourth-order valence-corrected chi connectivity index (χ4v) is 4.71. The average Bonchev–Trinajstić information content (AvgIpc) is 3.57. The summed E-state index contributed by atoms with van der Waals surface area (Å²) >= 11 is 0. The minimum Gasteiger partial charge on any atom is -0.507 e. The van der Waals surface area contributed by atoms with Gasteiger partial charge in [-0.1, -0.05) is 24.3 Å². The molecule has 0 aromatic heterocycles. The zero-order chi connectivity index (χ0) is 26.8. The Labute approximate surface area is 217 Å². The quantitative estimate of drug-likeness (QED) is 0.389. The number of hydrogen-bond acceptors (Lipinski definition) is 8. The van der Waals surface area contributed by atoms with E-state index in [4.69, 9.17) is 4.74 Å². The number of carbonyl (C=O) groups excluding carboxylic acids is 3. The van der Waals surface area contributed by atoms with Crippen LogP contribution in [-0.4, -0.2) is 48.8 Å². The van der Waals surface area contributed by atoms with Gasteiger partial charge in [0.2, 0.25) is 0 Å². The number of ketones is 2. The number of fused-ring (bicyclic) bond motifs is 1. The van der Waals surface area contributed by atoms with Gasteiger partial charge in [-0.3, -0.25) is 14.4 Å². The number of aromatic hydroxyl groups is 1. The number of benzene rings is 3. The molecule has 0 saturated carbocycles. The first-order chi connectivity index (χ1) is 18.4. The number of carbonyl (C=O) groups is 3. The topological polar surface area (TPSA) is 129 Å². The smallest absolute Gasteiger partial charge is 0.251 e. The third kappa shape index (κ3) is 4.90. The van der Waals surface area contributed by atoms with Gasteiger partial charge in [-0.2, -0.15) is 10.2 Å². The van der Waals surface area contributed by atoms with Crippen LogP contribution >= 0.6 is 0 Å². The molecule has 1 fully saturated rings. The Morgan fingerprint density at radius 3 is 2.55 bits per heavy atom. The van der Waals surface area contributed by atoms with E-state index in [0.717, 1.165) is 11.3 Å². The van der Waals surface area contributed by atoms with Crippen LogP contribution in [0, 0.1) is 11.7 Å². The molecule has 194 valence electrons. The van der Waals surface area contributed by atoms with Crippen LogP contribution in [0.3, 0.4) is 0 Å². The van der Waals surface area contributed by atoms with E-state index < -0.39 is 22.9 Å². The number of nitrogens with one attached hydrogen (secondary N) is 2. The van der Waals surface area contributed by atoms with Crippen LogP contribution in [0.1, 0.15) is 48.6 Å². The van der Waals surface area contributed by atoms with Crippen molar-refractivity contribution < 1.29 is 28.6 Å². The van der Waals surface area contributed by atoms with Gasteiger partial charge in [-0.05, 0) is 30.3 Å². The van der Waals surface area contributed by atoms with Gasteiger partial charge in [0.15, 0.2) is 23.1 Å². The van der Waals surface area contributed by atoms with E-state index >= 15 is 0 Å². The fourth-order valence-electron chi connectivity index (χ4n) is 4.71. The lowest BCUT2D eigenvalue weighted by atomic mass is 9.93. The van der Waals surface area contributed by atoms with E-state index in [0.29, 0.717) is 30.8 Å². The summed E-state index contributed by atoms with van der Waals surface area (Å²) in [6.07, 6.45) is 0.261. The standard InChI is InChI=1S/C28H25FN4O5/c1-38-24-9-8-22(34)25(26(24)29)27(36)15-2-4-16(5-3-15)28(37)32-21-14-30-12-19(21)11-23(35)17-6-7-18-13-31-33-20(18)10-17/h2-10,19,21,30,34H,11-14H2,1H3,(H,32,37)/t19-,21-/m1/s1. The largest absolute Gasteiger partial charge is 0.507 e. The molecule has 3 N–H and O–H groups in total. The molecule has 0 aliphatic carbocycles. The molecule has 2 aliphatic heterocycles. The summed E-state index contributed by atoms with van der Waals surface area (Å²) in [5.41, 5.74) is 2.18. The van der Waals surface area contributed by atoms with E-state index in [9.17, 15) is 23.9 Å². The van der Waals surface area contributed by atoms with Gasteiger partial charge in [0.05, 0.1) is 19.3 Å². The Morgan fingerprint density at radius 2 is 1.79 bits per heavy atom. The van der Waals surface area contributed by atoms with Gasteiger partial charge in [0, 0.05) is 53.7 Å². The van der Waals surface area contributed by atoms with Crippen molar-refractivity contribution in [3.05, 3.63) is 88.2 Å². The molecule has 0 unspecified atom stereocenters. The first kappa shape index (κ1) is 25.2. The lowest BCUT2D eigenvalue weighted by molar-refractivity contribution is 0.0902. The number of halogens is 1. The lowest BCUT2D eigenvalue weighted by Crippen LogP contribution is -2.41. The van der Waals surface area contributed by atoms with Crippen molar-refractivity contribution in [1.29, 1.82) is 0 Å². The fraction of sp³-hybridized carbons (Fsp3) is 0.250. The van der Waals surface area contributed by atoms with Crippen molar-refractivity contribution in [2.24, 2.45) is 16.1 Å².